The summed E-state index contributed by atoms with van der Waals surface area (Å²) in [5.41, 5.74) is 1.04. The molecule has 0 spiro atoms. The lowest BCUT2D eigenvalue weighted by molar-refractivity contribution is 0.802. The molecule has 0 unspecified atom stereocenters. The molecule has 0 N–H and O–H groups in total. The summed E-state index contributed by atoms with van der Waals surface area (Å²) in [7, 11) is 0. The van der Waals surface area contributed by atoms with E-state index in [1.165, 1.54) is 4.90 Å². The van der Waals surface area contributed by atoms with Crippen molar-refractivity contribution in [1.29, 1.82) is 0 Å². The smallest absolute Gasteiger partial charge is 0.131 e. The van der Waals surface area contributed by atoms with Gasteiger partial charge in [-0.15, -0.1) is 11.8 Å². The van der Waals surface area contributed by atoms with Gasteiger partial charge in [0.15, 0.2) is 0 Å². The average Bonchev–Trinajstić information content (AvgIpc) is 1.94. The maximum absolute atomic E-state index is 5.83. The fourth-order valence-corrected chi connectivity index (χ4v) is 2.09. The predicted molar refractivity (Wildman–Crippen MR) is 59.6 cm³/mol. The SMILES string of the molecule is Cc1cc(SC(C)(C)C)cnc1Cl. The number of rotatable bonds is 1. The summed E-state index contributed by atoms with van der Waals surface area (Å²) in [5.74, 6) is 0. The van der Waals surface area contributed by atoms with Crippen LogP contribution in [0.5, 0.6) is 0 Å². The van der Waals surface area contributed by atoms with E-state index >= 15 is 0 Å². The third-order valence-electron chi connectivity index (χ3n) is 1.41. The van der Waals surface area contributed by atoms with Crippen molar-refractivity contribution in [1.82, 2.24) is 4.98 Å². The van der Waals surface area contributed by atoms with Gasteiger partial charge in [0.1, 0.15) is 5.15 Å². The molecule has 0 aliphatic carbocycles. The topological polar surface area (TPSA) is 12.9 Å². The van der Waals surface area contributed by atoms with Gasteiger partial charge in [0.2, 0.25) is 0 Å². The molecule has 0 atom stereocenters. The maximum atomic E-state index is 5.83. The number of halogens is 1. The largest absolute Gasteiger partial charge is 0.243 e. The molecular formula is C10H14ClNS. The molecule has 0 amide bonds. The van der Waals surface area contributed by atoms with Crippen molar-refractivity contribution in [2.75, 3.05) is 0 Å². The summed E-state index contributed by atoms with van der Waals surface area (Å²) in [6.45, 7) is 8.52. The van der Waals surface area contributed by atoms with Gasteiger partial charge >= 0.3 is 0 Å². The number of thioether (sulfide) groups is 1. The fraction of sp³-hybridized carbons (Fsp3) is 0.500. The van der Waals surface area contributed by atoms with Crippen molar-refractivity contribution in [2.45, 2.75) is 37.3 Å². The summed E-state index contributed by atoms with van der Waals surface area (Å²) < 4.78 is 0.224. The van der Waals surface area contributed by atoms with Crippen molar-refractivity contribution in [3.8, 4) is 0 Å². The average molecular weight is 216 g/mol. The third-order valence-corrected chi connectivity index (χ3v) is 2.88. The molecule has 0 saturated heterocycles. The first kappa shape index (κ1) is 10.9. The van der Waals surface area contributed by atoms with Crippen LogP contribution in [0.4, 0.5) is 0 Å². The van der Waals surface area contributed by atoms with Crippen molar-refractivity contribution in [3.05, 3.63) is 23.0 Å². The van der Waals surface area contributed by atoms with Crippen LogP contribution in [0.1, 0.15) is 26.3 Å². The Kier molecular flexibility index (Phi) is 3.25. The maximum Gasteiger partial charge on any atom is 0.131 e. The van der Waals surface area contributed by atoms with Crippen LogP contribution in [0.15, 0.2) is 17.2 Å². The van der Waals surface area contributed by atoms with E-state index in [0.717, 1.165) is 5.56 Å². The van der Waals surface area contributed by atoms with E-state index in [1.54, 1.807) is 11.8 Å². The lowest BCUT2D eigenvalue weighted by atomic mass is 10.3. The first-order valence-electron chi connectivity index (χ1n) is 4.20. The Balaban J connectivity index is 2.86. The number of hydrogen-bond acceptors (Lipinski definition) is 2. The normalized spacial score (nSPS) is 11.8. The Morgan fingerprint density at radius 3 is 2.46 bits per heavy atom. The number of aryl methyl sites for hydroxylation is 1. The van der Waals surface area contributed by atoms with Crippen LogP contribution in [0.25, 0.3) is 0 Å². The van der Waals surface area contributed by atoms with Gasteiger partial charge in [-0.05, 0) is 18.6 Å². The standard InChI is InChI=1S/C10H14ClNS/c1-7-5-8(6-12-9(7)11)13-10(2,3)4/h5-6H,1-4H3. The minimum atomic E-state index is 0.224. The van der Waals surface area contributed by atoms with Crippen molar-refractivity contribution in [3.63, 3.8) is 0 Å². The predicted octanol–water partition coefficient (Wildman–Crippen LogP) is 3.93. The molecule has 1 aromatic heterocycles. The van der Waals surface area contributed by atoms with E-state index in [1.807, 2.05) is 13.1 Å². The Morgan fingerprint density at radius 1 is 1.38 bits per heavy atom. The van der Waals surface area contributed by atoms with Crippen LogP contribution in [-0.4, -0.2) is 9.73 Å². The van der Waals surface area contributed by atoms with Gasteiger partial charge in [-0.2, -0.15) is 0 Å². The van der Waals surface area contributed by atoms with Crippen LogP contribution in [0, 0.1) is 6.92 Å². The summed E-state index contributed by atoms with van der Waals surface area (Å²) in [6.07, 6.45) is 1.82. The van der Waals surface area contributed by atoms with Gasteiger partial charge in [-0.1, -0.05) is 32.4 Å². The van der Waals surface area contributed by atoms with Crippen LogP contribution >= 0.6 is 23.4 Å². The monoisotopic (exact) mass is 215 g/mol. The molecule has 0 aliphatic rings. The highest BCUT2D eigenvalue weighted by molar-refractivity contribution is 8.00. The minimum Gasteiger partial charge on any atom is -0.243 e. The Labute approximate surface area is 88.9 Å². The summed E-state index contributed by atoms with van der Waals surface area (Å²) >= 11 is 7.63. The van der Waals surface area contributed by atoms with Gasteiger partial charge in [0.25, 0.3) is 0 Å². The summed E-state index contributed by atoms with van der Waals surface area (Å²) in [5, 5.41) is 0.596. The molecule has 1 nitrogen and oxygen atoms in total. The molecule has 0 fully saturated rings. The highest BCUT2D eigenvalue weighted by Gasteiger charge is 2.12. The second-order valence-corrected chi connectivity index (χ2v) is 6.25. The summed E-state index contributed by atoms with van der Waals surface area (Å²) in [6, 6.07) is 2.07. The molecule has 0 saturated carbocycles. The highest BCUT2D eigenvalue weighted by atomic mass is 35.5. The zero-order valence-electron chi connectivity index (χ0n) is 8.39. The number of pyridine rings is 1. The molecule has 3 heteroatoms. The van der Waals surface area contributed by atoms with Crippen LogP contribution in [0.3, 0.4) is 0 Å². The second-order valence-electron chi connectivity index (χ2n) is 3.99. The minimum absolute atomic E-state index is 0.224. The molecule has 1 heterocycles. The molecule has 1 aromatic rings. The van der Waals surface area contributed by atoms with E-state index in [0.29, 0.717) is 5.15 Å². The van der Waals surface area contributed by atoms with E-state index in [4.69, 9.17) is 11.6 Å². The van der Waals surface area contributed by atoms with Gasteiger partial charge in [-0.3, -0.25) is 0 Å². The van der Waals surface area contributed by atoms with Gasteiger partial charge in [-0.25, -0.2) is 4.98 Å². The van der Waals surface area contributed by atoms with Gasteiger partial charge < -0.3 is 0 Å². The number of aromatic nitrogens is 1. The van der Waals surface area contributed by atoms with E-state index in [-0.39, 0.29) is 4.75 Å². The molecule has 0 aromatic carbocycles. The molecule has 72 valence electrons. The first-order chi connectivity index (χ1) is 5.88. The number of hydrogen-bond donors (Lipinski definition) is 0. The van der Waals surface area contributed by atoms with Gasteiger partial charge in [0.05, 0.1) is 0 Å². The zero-order valence-corrected chi connectivity index (χ0v) is 9.96. The van der Waals surface area contributed by atoms with Crippen molar-refractivity contribution >= 4 is 23.4 Å². The Morgan fingerprint density at radius 2 is 2.00 bits per heavy atom. The van der Waals surface area contributed by atoms with E-state index < -0.39 is 0 Å². The van der Waals surface area contributed by atoms with Crippen LogP contribution in [-0.2, 0) is 0 Å². The van der Waals surface area contributed by atoms with E-state index in [2.05, 4.69) is 31.8 Å². The van der Waals surface area contributed by atoms with Crippen LogP contribution in [0.2, 0.25) is 5.15 Å². The molecule has 0 radical (unpaired) electrons. The molecule has 13 heavy (non-hydrogen) atoms. The first-order valence-corrected chi connectivity index (χ1v) is 5.39. The van der Waals surface area contributed by atoms with Gasteiger partial charge in [0, 0.05) is 15.8 Å². The lowest BCUT2D eigenvalue weighted by Gasteiger charge is -2.17. The molecular weight excluding hydrogens is 202 g/mol. The summed E-state index contributed by atoms with van der Waals surface area (Å²) in [4.78, 5) is 5.28. The number of nitrogens with zero attached hydrogens (tertiary/aromatic N) is 1. The highest BCUT2D eigenvalue weighted by Crippen LogP contribution is 2.32. The van der Waals surface area contributed by atoms with E-state index in [9.17, 15) is 0 Å². The molecule has 0 bridgehead atoms. The Bertz CT molecular complexity index is 304. The zero-order chi connectivity index (χ0) is 10.1. The van der Waals surface area contributed by atoms with Crippen molar-refractivity contribution in [2.24, 2.45) is 0 Å². The fourth-order valence-electron chi connectivity index (χ4n) is 0.942. The van der Waals surface area contributed by atoms with Crippen molar-refractivity contribution < 1.29 is 0 Å². The quantitative estimate of drug-likeness (QED) is 0.520. The Hall–Kier alpha value is -0.210. The third kappa shape index (κ3) is 3.57. The molecule has 1 rings (SSSR count). The van der Waals surface area contributed by atoms with Crippen LogP contribution < -0.4 is 0 Å². The lowest BCUT2D eigenvalue weighted by Crippen LogP contribution is -2.06. The molecule has 0 aliphatic heterocycles. The second kappa shape index (κ2) is 3.89.